The van der Waals surface area contributed by atoms with Crippen LogP contribution in [0.15, 0.2) is 121 Å². The zero-order valence-electron chi connectivity index (χ0n) is 26.4. The fourth-order valence-electron chi connectivity index (χ4n) is 6.05. The number of benzene rings is 5. The third-order valence-electron chi connectivity index (χ3n) is 8.45. The van der Waals surface area contributed by atoms with Crippen LogP contribution in [-0.4, -0.2) is 0 Å². The predicted molar refractivity (Wildman–Crippen MR) is 196 cm³/mol. The molecule has 0 aliphatic heterocycles. The molecule has 0 aliphatic rings. The van der Waals surface area contributed by atoms with Crippen LogP contribution in [0.1, 0.15) is 51.3 Å². The van der Waals surface area contributed by atoms with E-state index < -0.39 is 0 Å². The molecule has 0 amide bonds. The highest BCUT2D eigenvalue weighted by Gasteiger charge is 2.27. The molecule has 0 N–H and O–H groups in total. The minimum Gasteiger partial charge on any atom is -0.139 e. The second-order valence-corrected chi connectivity index (χ2v) is 16.0. The van der Waals surface area contributed by atoms with Gasteiger partial charge in [0.05, 0.1) is 0 Å². The number of hydrogen-bond donors (Lipinski definition) is 0. The Kier molecular flexibility index (Phi) is 7.11. The van der Waals surface area contributed by atoms with Gasteiger partial charge in [-0.05, 0) is 68.5 Å². The van der Waals surface area contributed by atoms with Crippen molar-refractivity contribution in [2.45, 2.75) is 52.4 Å². The van der Waals surface area contributed by atoms with Gasteiger partial charge in [-0.2, -0.15) is 0 Å². The molecule has 0 saturated carbocycles. The van der Waals surface area contributed by atoms with E-state index in [1.807, 2.05) is 22.7 Å². The summed E-state index contributed by atoms with van der Waals surface area (Å²) in [7, 11) is 0. The maximum Gasteiger partial charge on any atom is 0.0437 e. The van der Waals surface area contributed by atoms with Crippen LogP contribution in [0, 0.1) is 0 Å². The highest BCUT2D eigenvalue weighted by molar-refractivity contribution is 7.22. The van der Waals surface area contributed by atoms with Crippen LogP contribution >= 0.6 is 22.7 Å². The van der Waals surface area contributed by atoms with Crippen molar-refractivity contribution >= 4 is 42.8 Å². The summed E-state index contributed by atoms with van der Waals surface area (Å²) in [4.78, 5) is 2.84. The molecule has 2 aromatic heterocycles. The maximum atomic E-state index is 2.49. The number of hydrogen-bond acceptors (Lipinski definition) is 2. The average Bonchev–Trinajstić information content (AvgIpc) is 3.67. The molecule has 5 aromatic carbocycles. The summed E-state index contributed by atoms with van der Waals surface area (Å²) in [6, 6.07) is 44.8. The minimum absolute atomic E-state index is 0.0556. The molecule has 0 bridgehead atoms. The number of fused-ring (bicyclic) bond motifs is 2. The lowest BCUT2D eigenvalue weighted by Gasteiger charge is -2.15. The SMILES string of the molecule is CC(C)(C)c1cc2c(-c3cccc(-c4ccccc4)c3)c3sc(C(C)(C)C)cc3c(-c3cccc(-c4ccccc4)c3)c2s1. The van der Waals surface area contributed by atoms with E-state index in [0.717, 1.165) is 0 Å². The summed E-state index contributed by atoms with van der Waals surface area (Å²) < 4.78 is 2.76. The Hall–Kier alpha value is -3.98. The standard InChI is InChI=1S/C42H38S2/c1-41(2,3)35-25-33-37(31-21-13-19-29(23-31)27-15-9-7-10-16-27)40-34(26-36(44-40)42(4,5)6)38(39(33)43-35)32-22-14-20-30(24-32)28-17-11-8-12-18-28/h7-26H,1-6H3. The summed E-state index contributed by atoms with van der Waals surface area (Å²) in [5, 5.41) is 2.72. The molecule has 2 heterocycles. The van der Waals surface area contributed by atoms with Crippen molar-refractivity contribution in [2.75, 3.05) is 0 Å². The molecular formula is C42H38S2. The maximum absolute atomic E-state index is 2.49. The molecule has 0 aliphatic carbocycles. The number of thiophene rings is 2. The van der Waals surface area contributed by atoms with Crippen molar-refractivity contribution in [3.05, 3.63) is 131 Å². The Morgan fingerprint density at radius 1 is 0.364 bits per heavy atom. The first-order valence-corrected chi connectivity index (χ1v) is 17.1. The van der Waals surface area contributed by atoms with Gasteiger partial charge in [0.15, 0.2) is 0 Å². The Balaban J connectivity index is 1.58. The first-order chi connectivity index (χ1) is 21.1. The van der Waals surface area contributed by atoms with E-state index in [0.29, 0.717) is 0 Å². The van der Waals surface area contributed by atoms with E-state index in [1.165, 1.54) is 74.4 Å². The van der Waals surface area contributed by atoms with Gasteiger partial charge in [-0.15, -0.1) is 22.7 Å². The van der Waals surface area contributed by atoms with Crippen LogP contribution in [0.25, 0.3) is 64.7 Å². The van der Waals surface area contributed by atoms with Crippen molar-refractivity contribution in [3.63, 3.8) is 0 Å². The van der Waals surface area contributed by atoms with E-state index in [1.54, 1.807) is 0 Å². The molecule has 0 fully saturated rings. The third-order valence-corrected chi connectivity index (χ3v) is 11.6. The van der Waals surface area contributed by atoms with Gasteiger partial charge in [-0.1, -0.05) is 139 Å². The summed E-state index contributed by atoms with van der Waals surface area (Å²) >= 11 is 3.95. The summed E-state index contributed by atoms with van der Waals surface area (Å²) in [5.74, 6) is 0. The van der Waals surface area contributed by atoms with Gasteiger partial charge in [0.2, 0.25) is 0 Å². The quantitative estimate of drug-likeness (QED) is 0.187. The number of rotatable bonds is 4. The average molecular weight is 607 g/mol. The largest absolute Gasteiger partial charge is 0.139 e. The van der Waals surface area contributed by atoms with Gasteiger partial charge in [-0.3, -0.25) is 0 Å². The second-order valence-electron chi connectivity index (χ2n) is 13.9. The monoisotopic (exact) mass is 606 g/mol. The van der Waals surface area contributed by atoms with Crippen LogP contribution in [0.4, 0.5) is 0 Å². The Bertz CT molecular complexity index is 1900. The molecule has 0 nitrogen and oxygen atoms in total. The zero-order chi connectivity index (χ0) is 30.6. The van der Waals surface area contributed by atoms with E-state index in [-0.39, 0.29) is 10.8 Å². The molecule has 44 heavy (non-hydrogen) atoms. The molecule has 0 radical (unpaired) electrons. The minimum atomic E-state index is 0.0556. The van der Waals surface area contributed by atoms with E-state index in [9.17, 15) is 0 Å². The third kappa shape index (κ3) is 5.21. The summed E-state index contributed by atoms with van der Waals surface area (Å²) in [6.07, 6.45) is 0. The van der Waals surface area contributed by atoms with Crippen LogP contribution in [0.3, 0.4) is 0 Å². The van der Waals surface area contributed by atoms with Crippen LogP contribution in [0.5, 0.6) is 0 Å². The van der Waals surface area contributed by atoms with Crippen LogP contribution < -0.4 is 0 Å². The van der Waals surface area contributed by atoms with Crippen LogP contribution in [0.2, 0.25) is 0 Å². The van der Waals surface area contributed by atoms with E-state index in [4.69, 9.17) is 0 Å². The first-order valence-electron chi connectivity index (χ1n) is 15.4. The molecule has 218 valence electrons. The topological polar surface area (TPSA) is 0 Å². The van der Waals surface area contributed by atoms with Gasteiger partial charge in [-0.25, -0.2) is 0 Å². The molecule has 0 spiro atoms. The highest BCUT2D eigenvalue weighted by atomic mass is 32.1. The van der Waals surface area contributed by atoms with Gasteiger partial charge >= 0.3 is 0 Å². The van der Waals surface area contributed by atoms with E-state index >= 15 is 0 Å². The Labute approximate surface area is 269 Å². The molecule has 0 atom stereocenters. The fraction of sp³-hybridized carbons (Fsp3) is 0.190. The van der Waals surface area contributed by atoms with Crippen molar-refractivity contribution in [1.82, 2.24) is 0 Å². The second kappa shape index (κ2) is 10.9. The lowest BCUT2D eigenvalue weighted by Crippen LogP contribution is -2.07. The molecule has 2 heteroatoms. The molecule has 0 saturated heterocycles. The lowest BCUT2D eigenvalue weighted by atomic mass is 9.88. The lowest BCUT2D eigenvalue weighted by molar-refractivity contribution is 0.604. The van der Waals surface area contributed by atoms with Crippen molar-refractivity contribution in [3.8, 4) is 44.5 Å². The van der Waals surface area contributed by atoms with E-state index in [2.05, 4.69) is 163 Å². The summed E-state index contributed by atoms with van der Waals surface area (Å²) in [5.41, 5.74) is 10.4. The Morgan fingerprint density at radius 2 is 0.705 bits per heavy atom. The van der Waals surface area contributed by atoms with Crippen molar-refractivity contribution < 1.29 is 0 Å². The Morgan fingerprint density at radius 3 is 1.07 bits per heavy atom. The predicted octanol–water partition coefficient (Wildman–Crippen LogP) is 13.4. The molecule has 7 rings (SSSR count). The van der Waals surface area contributed by atoms with Crippen molar-refractivity contribution in [1.29, 1.82) is 0 Å². The molecule has 7 aromatic rings. The highest BCUT2D eigenvalue weighted by Crippen LogP contribution is 2.52. The zero-order valence-corrected chi connectivity index (χ0v) is 28.0. The summed E-state index contributed by atoms with van der Waals surface area (Å²) in [6.45, 7) is 14.0. The fourth-order valence-corrected chi connectivity index (χ4v) is 8.66. The first kappa shape index (κ1) is 28.8. The smallest absolute Gasteiger partial charge is 0.0437 e. The van der Waals surface area contributed by atoms with Gasteiger partial charge in [0.1, 0.15) is 0 Å². The normalized spacial score (nSPS) is 12.3. The van der Waals surface area contributed by atoms with Gasteiger partial charge in [0.25, 0.3) is 0 Å². The molecular weight excluding hydrogens is 569 g/mol. The molecule has 0 unspecified atom stereocenters. The van der Waals surface area contributed by atoms with Crippen molar-refractivity contribution in [2.24, 2.45) is 0 Å². The van der Waals surface area contributed by atoms with Crippen LogP contribution in [-0.2, 0) is 10.8 Å². The van der Waals surface area contributed by atoms with Gasteiger partial charge in [0, 0.05) is 41.1 Å². The van der Waals surface area contributed by atoms with Gasteiger partial charge < -0.3 is 0 Å².